The second-order valence-electron chi connectivity index (χ2n) is 6.90. The van der Waals surface area contributed by atoms with Gasteiger partial charge in [0.25, 0.3) is 11.6 Å². The van der Waals surface area contributed by atoms with E-state index in [1.165, 1.54) is 12.1 Å². The summed E-state index contributed by atoms with van der Waals surface area (Å²) >= 11 is 0. The minimum atomic E-state index is -0.325. The number of rotatable bonds is 4. The number of nitrogens with one attached hydrogen (secondary N) is 1. The Bertz CT molecular complexity index is 1270. The van der Waals surface area contributed by atoms with Crippen LogP contribution in [0.4, 0.5) is 4.39 Å². The van der Waals surface area contributed by atoms with Crippen molar-refractivity contribution in [2.75, 3.05) is 6.79 Å². The zero-order valence-corrected chi connectivity index (χ0v) is 15.9. The van der Waals surface area contributed by atoms with Crippen LogP contribution in [0.25, 0.3) is 22.4 Å². The summed E-state index contributed by atoms with van der Waals surface area (Å²) in [6.07, 6.45) is 0. The lowest BCUT2D eigenvalue weighted by molar-refractivity contribution is 0.0952. The third-order valence-electron chi connectivity index (χ3n) is 4.83. The van der Waals surface area contributed by atoms with E-state index in [9.17, 15) is 9.18 Å². The van der Waals surface area contributed by atoms with Gasteiger partial charge in [-0.05, 0) is 48.9 Å². The smallest absolute Gasteiger partial charge is 0.259 e. The lowest BCUT2D eigenvalue weighted by atomic mass is 10.0. The van der Waals surface area contributed by atoms with E-state index in [0.29, 0.717) is 33.8 Å². The molecule has 1 amide bonds. The number of amides is 1. The molecule has 0 aliphatic carbocycles. The van der Waals surface area contributed by atoms with Gasteiger partial charge in [0.1, 0.15) is 11.5 Å². The van der Waals surface area contributed by atoms with E-state index in [2.05, 4.69) is 15.5 Å². The molecule has 0 spiro atoms. The van der Waals surface area contributed by atoms with E-state index in [4.69, 9.17) is 14.0 Å². The van der Waals surface area contributed by atoms with Gasteiger partial charge in [-0.2, -0.15) is 0 Å². The number of nitrogens with zero attached hydrogens (tertiary/aromatic N) is 2. The van der Waals surface area contributed by atoms with Crippen LogP contribution in [0.2, 0.25) is 0 Å². The zero-order valence-electron chi connectivity index (χ0n) is 15.9. The molecule has 30 heavy (non-hydrogen) atoms. The predicted octanol–water partition coefficient (Wildman–Crippen LogP) is 4.00. The van der Waals surface area contributed by atoms with Crippen molar-refractivity contribution in [2.45, 2.75) is 13.5 Å². The largest absolute Gasteiger partial charge is 0.454 e. The van der Waals surface area contributed by atoms with Gasteiger partial charge in [0.05, 0.1) is 10.9 Å². The Morgan fingerprint density at radius 2 is 1.90 bits per heavy atom. The van der Waals surface area contributed by atoms with Crippen LogP contribution in [-0.4, -0.2) is 22.8 Å². The average molecular weight is 405 g/mol. The number of pyridine rings is 1. The molecule has 7 nitrogen and oxygen atoms in total. The van der Waals surface area contributed by atoms with Gasteiger partial charge in [-0.1, -0.05) is 17.3 Å². The van der Waals surface area contributed by atoms with Crippen molar-refractivity contribution in [1.29, 1.82) is 0 Å². The topological polar surface area (TPSA) is 86.5 Å². The monoisotopic (exact) mass is 405 g/mol. The fraction of sp³-hybridized carbons (Fsp3) is 0.136. The molecule has 5 rings (SSSR count). The van der Waals surface area contributed by atoms with Gasteiger partial charge in [-0.15, -0.1) is 0 Å². The fourth-order valence-corrected chi connectivity index (χ4v) is 3.37. The molecular weight excluding hydrogens is 389 g/mol. The van der Waals surface area contributed by atoms with Crippen molar-refractivity contribution in [3.63, 3.8) is 0 Å². The lowest BCUT2D eigenvalue weighted by Crippen LogP contribution is -2.23. The third-order valence-corrected chi connectivity index (χ3v) is 4.83. The molecule has 0 saturated carbocycles. The summed E-state index contributed by atoms with van der Waals surface area (Å²) in [4.78, 5) is 17.4. The number of benzene rings is 2. The average Bonchev–Trinajstić information content (AvgIpc) is 3.38. The lowest BCUT2D eigenvalue weighted by Gasteiger charge is -2.08. The quantitative estimate of drug-likeness (QED) is 0.552. The molecule has 0 radical (unpaired) electrons. The normalized spacial score (nSPS) is 12.3. The first-order valence-corrected chi connectivity index (χ1v) is 9.28. The van der Waals surface area contributed by atoms with E-state index in [1.807, 2.05) is 6.07 Å². The number of aromatic nitrogens is 2. The number of fused-ring (bicyclic) bond motifs is 2. The second kappa shape index (κ2) is 7.14. The molecule has 0 saturated heterocycles. The van der Waals surface area contributed by atoms with Crippen LogP contribution in [-0.2, 0) is 6.54 Å². The minimum Gasteiger partial charge on any atom is -0.454 e. The fourth-order valence-electron chi connectivity index (χ4n) is 3.37. The molecule has 3 heterocycles. The van der Waals surface area contributed by atoms with E-state index < -0.39 is 0 Å². The Hall–Kier alpha value is -3.94. The van der Waals surface area contributed by atoms with Gasteiger partial charge in [-0.3, -0.25) is 4.79 Å². The van der Waals surface area contributed by atoms with Crippen LogP contribution >= 0.6 is 0 Å². The molecule has 1 N–H and O–H groups in total. The number of aryl methyl sites for hydroxylation is 1. The number of ether oxygens (including phenoxy) is 2. The molecule has 0 bridgehead atoms. The summed E-state index contributed by atoms with van der Waals surface area (Å²) in [5.41, 5.74) is 3.29. The van der Waals surface area contributed by atoms with Crippen LogP contribution < -0.4 is 14.8 Å². The van der Waals surface area contributed by atoms with Crippen LogP contribution in [0.1, 0.15) is 21.6 Å². The van der Waals surface area contributed by atoms with E-state index in [0.717, 1.165) is 11.1 Å². The Balaban J connectivity index is 1.52. The van der Waals surface area contributed by atoms with E-state index in [1.54, 1.807) is 37.3 Å². The highest BCUT2D eigenvalue weighted by atomic mass is 19.1. The summed E-state index contributed by atoms with van der Waals surface area (Å²) in [6, 6.07) is 13.1. The molecule has 2 aromatic heterocycles. The van der Waals surface area contributed by atoms with Gasteiger partial charge >= 0.3 is 0 Å². The van der Waals surface area contributed by atoms with E-state index >= 15 is 0 Å². The summed E-state index contributed by atoms with van der Waals surface area (Å²) in [5.74, 6) is 0.623. The predicted molar refractivity (Wildman–Crippen MR) is 106 cm³/mol. The standard InChI is InChI=1S/C22H16FN3O4/c1-12-8-16(21(27)24-10-13-2-5-15(23)6-3-13)19-20(26-30-22(19)25-12)14-4-7-17-18(9-14)29-11-28-17/h2-9H,10-11H2,1H3,(H,24,27). The first-order valence-electron chi connectivity index (χ1n) is 9.28. The number of halogens is 1. The van der Waals surface area contributed by atoms with Crippen molar-refractivity contribution in [2.24, 2.45) is 0 Å². The summed E-state index contributed by atoms with van der Waals surface area (Å²) in [7, 11) is 0. The highest BCUT2D eigenvalue weighted by Gasteiger charge is 2.22. The van der Waals surface area contributed by atoms with Gasteiger partial charge < -0.3 is 19.3 Å². The highest BCUT2D eigenvalue weighted by molar-refractivity contribution is 6.09. The third kappa shape index (κ3) is 3.22. The van der Waals surface area contributed by atoms with Gasteiger partial charge in [0, 0.05) is 17.8 Å². The first kappa shape index (κ1) is 18.1. The number of hydrogen-bond acceptors (Lipinski definition) is 6. The van der Waals surface area contributed by atoms with Crippen molar-refractivity contribution in [1.82, 2.24) is 15.5 Å². The first-order chi connectivity index (χ1) is 14.6. The molecule has 8 heteroatoms. The SMILES string of the molecule is Cc1cc(C(=O)NCc2ccc(F)cc2)c2c(-c3ccc4c(c3)OCO4)noc2n1. The zero-order chi connectivity index (χ0) is 20.7. The van der Waals surface area contributed by atoms with Crippen molar-refractivity contribution in [3.05, 3.63) is 71.2 Å². The Morgan fingerprint density at radius 3 is 2.73 bits per heavy atom. The molecule has 150 valence electrons. The van der Waals surface area contributed by atoms with Crippen LogP contribution in [0, 0.1) is 12.7 Å². The number of carbonyl (C=O) groups excluding carboxylic acids is 1. The molecule has 1 aliphatic rings. The summed E-state index contributed by atoms with van der Waals surface area (Å²) < 4.78 is 29.3. The van der Waals surface area contributed by atoms with Crippen molar-refractivity contribution in [3.8, 4) is 22.8 Å². The second-order valence-corrected chi connectivity index (χ2v) is 6.90. The van der Waals surface area contributed by atoms with Crippen LogP contribution in [0.5, 0.6) is 11.5 Å². The molecule has 0 unspecified atom stereocenters. The Kier molecular flexibility index (Phi) is 4.31. The summed E-state index contributed by atoms with van der Waals surface area (Å²) in [5, 5.41) is 7.52. The summed E-state index contributed by atoms with van der Waals surface area (Å²) in [6.45, 7) is 2.20. The molecule has 4 aromatic rings. The molecule has 2 aromatic carbocycles. The highest BCUT2D eigenvalue weighted by Crippen LogP contribution is 2.38. The van der Waals surface area contributed by atoms with Gasteiger partial charge in [-0.25, -0.2) is 9.37 Å². The number of hydrogen-bond donors (Lipinski definition) is 1. The van der Waals surface area contributed by atoms with Crippen molar-refractivity contribution >= 4 is 17.0 Å². The Morgan fingerprint density at radius 1 is 1.10 bits per heavy atom. The molecule has 1 aliphatic heterocycles. The maximum atomic E-state index is 13.1. The van der Waals surface area contributed by atoms with Crippen LogP contribution in [0.15, 0.2) is 53.1 Å². The number of carbonyl (C=O) groups is 1. The van der Waals surface area contributed by atoms with Gasteiger partial charge in [0.2, 0.25) is 6.79 Å². The molecular formula is C22H16FN3O4. The maximum absolute atomic E-state index is 13.1. The van der Waals surface area contributed by atoms with Crippen LogP contribution in [0.3, 0.4) is 0 Å². The minimum absolute atomic E-state index is 0.163. The molecule has 0 fully saturated rings. The van der Waals surface area contributed by atoms with E-state index in [-0.39, 0.29) is 30.8 Å². The Labute approximate surface area is 170 Å². The van der Waals surface area contributed by atoms with Crippen molar-refractivity contribution < 1.29 is 23.2 Å². The van der Waals surface area contributed by atoms with Gasteiger partial charge in [0.15, 0.2) is 11.5 Å². The maximum Gasteiger partial charge on any atom is 0.259 e. The molecule has 0 atom stereocenters.